The Morgan fingerprint density at radius 3 is 2.50 bits per heavy atom. The zero-order chi connectivity index (χ0) is 13.4. The topological polar surface area (TPSA) is 66.4 Å². The molecular formula is C14H19NO3. The molecule has 0 aromatic heterocycles. The number of rotatable bonds is 7. The zero-order valence-electron chi connectivity index (χ0n) is 10.6. The molecule has 0 bridgehead atoms. The maximum atomic E-state index is 11.5. The van der Waals surface area contributed by atoms with Crippen molar-refractivity contribution in [1.29, 1.82) is 0 Å². The Hall–Kier alpha value is -1.84. The number of unbranched alkanes of at least 4 members (excludes halogenated alkanes) is 1. The lowest BCUT2D eigenvalue weighted by atomic mass is 10.1. The highest BCUT2D eigenvalue weighted by Gasteiger charge is 2.19. The summed E-state index contributed by atoms with van der Waals surface area (Å²) in [6.45, 7) is 1.99. The lowest BCUT2D eigenvalue weighted by Crippen LogP contribution is -2.42. The van der Waals surface area contributed by atoms with E-state index in [2.05, 4.69) is 5.32 Å². The second kappa shape index (κ2) is 7.48. The normalized spacial score (nSPS) is 11.8. The molecule has 0 radical (unpaired) electrons. The number of hydrogen-bond donors (Lipinski definition) is 2. The first-order chi connectivity index (χ1) is 8.63. The van der Waals surface area contributed by atoms with E-state index in [9.17, 15) is 9.59 Å². The van der Waals surface area contributed by atoms with E-state index >= 15 is 0 Å². The molecular weight excluding hydrogens is 230 g/mol. The van der Waals surface area contributed by atoms with Crippen molar-refractivity contribution in [2.24, 2.45) is 0 Å². The lowest BCUT2D eigenvalue weighted by Gasteiger charge is -2.14. The van der Waals surface area contributed by atoms with E-state index in [4.69, 9.17) is 5.11 Å². The smallest absolute Gasteiger partial charge is 0.326 e. The molecule has 0 heterocycles. The molecule has 2 N–H and O–H groups in total. The van der Waals surface area contributed by atoms with Gasteiger partial charge in [-0.1, -0.05) is 43.7 Å². The largest absolute Gasteiger partial charge is 0.480 e. The number of nitrogens with one attached hydrogen (secondary N) is 1. The highest BCUT2D eigenvalue weighted by Crippen LogP contribution is 2.04. The van der Waals surface area contributed by atoms with E-state index in [1.165, 1.54) is 0 Å². The third kappa shape index (κ3) is 4.99. The van der Waals surface area contributed by atoms with Crippen LogP contribution in [0.4, 0.5) is 0 Å². The minimum absolute atomic E-state index is 0.194. The van der Waals surface area contributed by atoms with Crippen LogP contribution in [0.1, 0.15) is 31.7 Å². The van der Waals surface area contributed by atoms with Gasteiger partial charge in [0.05, 0.1) is 0 Å². The molecule has 0 saturated heterocycles. The van der Waals surface area contributed by atoms with Gasteiger partial charge >= 0.3 is 5.97 Å². The van der Waals surface area contributed by atoms with Crippen LogP contribution in [0.3, 0.4) is 0 Å². The summed E-state index contributed by atoms with van der Waals surface area (Å²) in [6.07, 6.45) is 2.40. The molecule has 1 rings (SSSR count). The van der Waals surface area contributed by atoms with Crippen molar-refractivity contribution < 1.29 is 14.7 Å². The van der Waals surface area contributed by atoms with Gasteiger partial charge < -0.3 is 10.4 Å². The van der Waals surface area contributed by atoms with Crippen LogP contribution in [0.25, 0.3) is 0 Å². The molecule has 1 aromatic carbocycles. The highest BCUT2D eigenvalue weighted by atomic mass is 16.4. The molecule has 0 aliphatic rings. The number of aliphatic carboxylic acids is 1. The van der Waals surface area contributed by atoms with E-state index < -0.39 is 12.0 Å². The van der Waals surface area contributed by atoms with E-state index in [1.54, 1.807) is 0 Å². The first-order valence-electron chi connectivity index (χ1n) is 6.19. The molecule has 1 aromatic rings. The maximum absolute atomic E-state index is 11.5. The monoisotopic (exact) mass is 249 g/mol. The Labute approximate surface area is 107 Å². The molecule has 1 atom stereocenters. The van der Waals surface area contributed by atoms with Crippen molar-refractivity contribution in [3.8, 4) is 0 Å². The van der Waals surface area contributed by atoms with Crippen LogP contribution in [0, 0.1) is 0 Å². The molecule has 0 aliphatic heterocycles. The third-order valence-electron chi connectivity index (χ3n) is 2.67. The van der Waals surface area contributed by atoms with Crippen molar-refractivity contribution in [3.05, 3.63) is 35.9 Å². The van der Waals surface area contributed by atoms with Gasteiger partial charge in [0.25, 0.3) is 0 Å². The summed E-state index contributed by atoms with van der Waals surface area (Å²) in [5, 5.41) is 11.7. The number of carboxylic acids is 1. The minimum atomic E-state index is -0.997. The van der Waals surface area contributed by atoms with Gasteiger partial charge in [-0.2, -0.15) is 0 Å². The molecule has 4 nitrogen and oxygen atoms in total. The summed E-state index contributed by atoms with van der Waals surface area (Å²) < 4.78 is 0. The molecule has 18 heavy (non-hydrogen) atoms. The van der Waals surface area contributed by atoms with Crippen LogP contribution in [-0.2, 0) is 16.0 Å². The van der Waals surface area contributed by atoms with Crippen LogP contribution in [0.5, 0.6) is 0 Å². The minimum Gasteiger partial charge on any atom is -0.480 e. The van der Waals surface area contributed by atoms with Gasteiger partial charge in [-0.05, 0) is 12.0 Å². The second-order valence-electron chi connectivity index (χ2n) is 4.25. The van der Waals surface area contributed by atoms with E-state index in [1.807, 2.05) is 37.3 Å². The Kier molecular flexibility index (Phi) is 5.91. The molecule has 98 valence electrons. The van der Waals surface area contributed by atoms with E-state index in [0.717, 1.165) is 18.4 Å². The summed E-state index contributed by atoms with van der Waals surface area (Å²) >= 11 is 0. The number of carboxylic acid groups (broad SMARTS) is 1. The van der Waals surface area contributed by atoms with Crippen molar-refractivity contribution >= 4 is 11.9 Å². The van der Waals surface area contributed by atoms with Crippen LogP contribution < -0.4 is 5.32 Å². The molecule has 0 spiro atoms. The number of carbonyl (C=O) groups excluding carboxylic acids is 1. The quantitative estimate of drug-likeness (QED) is 0.776. The van der Waals surface area contributed by atoms with Gasteiger partial charge in [0.1, 0.15) is 6.04 Å². The molecule has 0 unspecified atom stereocenters. The van der Waals surface area contributed by atoms with E-state index in [0.29, 0.717) is 12.8 Å². The fourth-order valence-electron chi connectivity index (χ4n) is 1.65. The summed E-state index contributed by atoms with van der Waals surface area (Å²) in [6, 6.07) is 8.44. The lowest BCUT2D eigenvalue weighted by molar-refractivity contribution is -0.141. The van der Waals surface area contributed by atoms with Crippen LogP contribution in [-0.4, -0.2) is 23.0 Å². The number of amides is 1. The fraction of sp³-hybridized carbons (Fsp3) is 0.429. The Morgan fingerprint density at radius 2 is 1.94 bits per heavy atom. The predicted molar refractivity (Wildman–Crippen MR) is 69.2 cm³/mol. The third-order valence-corrected chi connectivity index (χ3v) is 2.67. The van der Waals surface area contributed by atoms with Crippen LogP contribution >= 0.6 is 0 Å². The Morgan fingerprint density at radius 1 is 1.28 bits per heavy atom. The Balaban J connectivity index is 2.55. The molecule has 0 aliphatic carbocycles. The predicted octanol–water partition coefficient (Wildman–Crippen LogP) is 1.99. The van der Waals surface area contributed by atoms with E-state index in [-0.39, 0.29) is 5.91 Å². The first-order valence-corrected chi connectivity index (χ1v) is 6.19. The van der Waals surface area contributed by atoms with Gasteiger partial charge in [-0.3, -0.25) is 4.79 Å². The number of benzene rings is 1. The highest BCUT2D eigenvalue weighted by molar-refractivity contribution is 5.83. The molecule has 0 saturated carbocycles. The number of carbonyl (C=O) groups is 2. The summed E-state index contributed by atoms with van der Waals surface area (Å²) in [7, 11) is 0. The fourth-order valence-corrected chi connectivity index (χ4v) is 1.65. The second-order valence-corrected chi connectivity index (χ2v) is 4.25. The molecule has 1 amide bonds. The summed E-state index contributed by atoms with van der Waals surface area (Å²) in [5.74, 6) is -1.19. The maximum Gasteiger partial charge on any atom is 0.326 e. The van der Waals surface area contributed by atoms with Gasteiger partial charge in [0, 0.05) is 12.8 Å². The van der Waals surface area contributed by atoms with Crippen LogP contribution in [0.2, 0.25) is 0 Å². The van der Waals surface area contributed by atoms with Gasteiger partial charge in [-0.25, -0.2) is 4.79 Å². The van der Waals surface area contributed by atoms with Gasteiger partial charge in [0.2, 0.25) is 5.91 Å². The van der Waals surface area contributed by atoms with Crippen molar-refractivity contribution in [2.45, 2.75) is 38.6 Å². The van der Waals surface area contributed by atoms with Gasteiger partial charge in [0.15, 0.2) is 0 Å². The SMILES string of the molecule is CCCCC(=O)N[C@H](Cc1ccccc1)C(=O)O. The van der Waals surface area contributed by atoms with Crippen molar-refractivity contribution in [1.82, 2.24) is 5.32 Å². The standard InChI is InChI=1S/C14H19NO3/c1-2-3-9-13(16)15-12(14(17)18)10-11-7-5-4-6-8-11/h4-8,12H,2-3,9-10H2,1H3,(H,15,16)(H,17,18)/t12-/m1/s1. The number of hydrogen-bond acceptors (Lipinski definition) is 2. The molecule has 4 heteroatoms. The molecule has 0 fully saturated rings. The first kappa shape index (κ1) is 14.2. The average Bonchev–Trinajstić information content (AvgIpc) is 2.36. The zero-order valence-corrected chi connectivity index (χ0v) is 10.6. The average molecular weight is 249 g/mol. The Bertz CT molecular complexity index is 389. The summed E-state index contributed by atoms with van der Waals surface area (Å²) in [4.78, 5) is 22.6. The van der Waals surface area contributed by atoms with Crippen molar-refractivity contribution in [3.63, 3.8) is 0 Å². The van der Waals surface area contributed by atoms with Gasteiger partial charge in [-0.15, -0.1) is 0 Å². The van der Waals surface area contributed by atoms with Crippen molar-refractivity contribution in [2.75, 3.05) is 0 Å². The summed E-state index contributed by atoms with van der Waals surface area (Å²) in [5.41, 5.74) is 0.903. The van der Waals surface area contributed by atoms with Crippen LogP contribution in [0.15, 0.2) is 30.3 Å².